The molecule has 3 aromatic rings. The van der Waals surface area contributed by atoms with E-state index in [0.29, 0.717) is 28.5 Å². The van der Waals surface area contributed by atoms with E-state index in [2.05, 4.69) is 10.6 Å². The predicted molar refractivity (Wildman–Crippen MR) is 102 cm³/mol. The lowest BCUT2D eigenvalue weighted by molar-refractivity contribution is -0.113. The summed E-state index contributed by atoms with van der Waals surface area (Å²) in [4.78, 5) is 25.3. The second-order valence-corrected chi connectivity index (χ2v) is 5.92. The van der Waals surface area contributed by atoms with E-state index in [4.69, 9.17) is 13.9 Å². The molecule has 0 fully saturated rings. The maximum atomic E-state index is 12.8. The molecule has 0 atom stereocenters. The van der Waals surface area contributed by atoms with Crippen LogP contribution in [0.2, 0.25) is 0 Å². The molecule has 1 aromatic heterocycles. The maximum absolute atomic E-state index is 12.8. The number of carbonyl (C=O) groups excluding carboxylic acids is 2. The van der Waals surface area contributed by atoms with Crippen molar-refractivity contribution in [2.45, 2.75) is 0 Å². The first-order valence-electron chi connectivity index (χ1n) is 8.52. The topological polar surface area (TPSA) is 89.8 Å². The van der Waals surface area contributed by atoms with Crippen molar-refractivity contribution in [2.24, 2.45) is 0 Å². The second-order valence-electron chi connectivity index (χ2n) is 5.92. The number of anilines is 1. The first kappa shape index (κ1) is 17.4. The lowest BCUT2D eigenvalue weighted by Crippen LogP contribution is -2.30. The van der Waals surface area contributed by atoms with Crippen LogP contribution in [0.25, 0.3) is 6.08 Å². The van der Waals surface area contributed by atoms with Gasteiger partial charge in [0, 0.05) is 23.4 Å². The molecule has 0 saturated carbocycles. The van der Waals surface area contributed by atoms with E-state index in [0.717, 1.165) is 0 Å². The van der Waals surface area contributed by atoms with Crippen molar-refractivity contribution in [3.8, 4) is 11.5 Å². The van der Waals surface area contributed by atoms with Gasteiger partial charge in [-0.05, 0) is 36.4 Å². The van der Waals surface area contributed by atoms with Crippen molar-refractivity contribution in [3.05, 3.63) is 83.9 Å². The highest BCUT2D eigenvalue weighted by atomic mass is 16.7. The zero-order valence-electron chi connectivity index (χ0n) is 14.7. The molecule has 7 heteroatoms. The highest BCUT2D eigenvalue weighted by Gasteiger charge is 2.18. The summed E-state index contributed by atoms with van der Waals surface area (Å²) in [7, 11) is 0. The Morgan fingerprint density at radius 1 is 0.929 bits per heavy atom. The van der Waals surface area contributed by atoms with Gasteiger partial charge in [-0.3, -0.25) is 9.59 Å². The van der Waals surface area contributed by atoms with Crippen LogP contribution in [0.15, 0.2) is 77.0 Å². The van der Waals surface area contributed by atoms with E-state index < -0.39 is 11.8 Å². The molecular weight excluding hydrogens is 360 g/mol. The van der Waals surface area contributed by atoms with Crippen LogP contribution in [0, 0.1) is 0 Å². The number of benzene rings is 2. The summed E-state index contributed by atoms with van der Waals surface area (Å²) in [5.74, 6) is 0.687. The number of hydrogen-bond acceptors (Lipinski definition) is 5. The molecule has 0 radical (unpaired) electrons. The number of carbonyl (C=O) groups is 2. The van der Waals surface area contributed by atoms with Gasteiger partial charge in [0.2, 0.25) is 6.79 Å². The summed E-state index contributed by atoms with van der Waals surface area (Å²) < 4.78 is 15.8. The van der Waals surface area contributed by atoms with Gasteiger partial charge in [-0.25, -0.2) is 0 Å². The molecule has 0 unspecified atom stereocenters. The average Bonchev–Trinajstić information content (AvgIpc) is 3.39. The minimum atomic E-state index is -0.500. The molecule has 2 amide bonds. The molecule has 28 heavy (non-hydrogen) atoms. The summed E-state index contributed by atoms with van der Waals surface area (Å²) in [5.41, 5.74) is 0.985. The molecule has 0 bridgehead atoms. The van der Waals surface area contributed by atoms with Gasteiger partial charge in [0.15, 0.2) is 11.5 Å². The number of hydrogen-bond donors (Lipinski definition) is 2. The Morgan fingerprint density at radius 3 is 2.54 bits per heavy atom. The van der Waals surface area contributed by atoms with Crippen LogP contribution in [0.4, 0.5) is 5.69 Å². The number of nitrogens with one attached hydrogen (secondary N) is 2. The van der Waals surface area contributed by atoms with Crippen molar-refractivity contribution < 1.29 is 23.5 Å². The lowest BCUT2D eigenvalue weighted by atomic mass is 10.2. The van der Waals surface area contributed by atoms with Crippen LogP contribution < -0.4 is 20.1 Å². The van der Waals surface area contributed by atoms with Crippen molar-refractivity contribution in [1.82, 2.24) is 5.32 Å². The molecule has 1 aliphatic heterocycles. The first-order valence-corrected chi connectivity index (χ1v) is 8.52. The third-order valence-electron chi connectivity index (χ3n) is 3.99. The van der Waals surface area contributed by atoms with E-state index in [9.17, 15) is 9.59 Å². The Morgan fingerprint density at radius 2 is 1.75 bits per heavy atom. The fourth-order valence-electron chi connectivity index (χ4n) is 2.63. The van der Waals surface area contributed by atoms with Gasteiger partial charge in [-0.2, -0.15) is 0 Å². The third-order valence-corrected chi connectivity index (χ3v) is 3.99. The largest absolute Gasteiger partial charge is 0.465 e. The first-order chi connectivity index (χ1) is 13.7. The highest BCUT2D eigenvalue weighted by Crippen LogP contribution is 2.34. The van der Waals surface area contributed by atoms with Gasteiger partial charge in [0.1, 0.15) is 11.5 Å². The van der Waals surface area contributed by atoms with E-state index in [1.165, 1.54) is 12.3 Å². The summed E-state index contributed by atoms with van der Waals surface area (Å²) in [5, 5.41) is 5.38. The lowest BCUT2D eigenvalue weighted by Gasteiger charge is -2.11. The molecule has 1 aliphatic rings. The van der Waals surface area contributed by atoms with Crippen LogP contribution >= 0.6 is 0 Å². The Labute approximate surface area is 160 Å². The highest BCUT2D eigenvalue weighted by molar-refractivity contribution is 6.10. The number of rotatable bonds is 5. The molecule has 7 nitrogen and oxygen atoms in total. The molecule has 140 valence electrons. The average molecular weight is 376 g/mol. The SMILES string of the molecule is O=C(Nc1ccc2c(c1)OCO2)/C(=C\c1ccco1)NC(=O)c1ccccc1. The van der Waals surface area contributed by atoms with E-state index in [-0.39, 0.29) is 12.5 Å². The zero-order valence-corrected chi connectivity index (χ0v) is 14.7. The monoisotopic (exact) mass is 376 g/mol. The number of fused-ring (bicyclic) bond motifs is 1. The van der Waals surface area contributed by atoms with Gasteiger partial charge in [0.05, 0.1) is 6.26 Å². The molecule has 0 saturated heterocycles. The second kappa shape index (κ2) is 7.71. The quantitative estimate of drug-likeness (QED) is 0.666. The molecule has 2 N–H and O–H groups in total. The normalized spacial score (nSPS) is 12.5. The van der Waals surface area contributed by atoms with Crippen molar-refractivity contribution >= 4 is 23.6 Å². The number of amides is 2. The number of ether oxygens (including phenoxy) is 2. The Hall–Kier alpha value is -4.00. The Bertz CT molecular complexity index is 1030. The molecule has 0 aliphatic carbocycles. The Kier molecular flexibility index (Phi) is 4.79. The maximum Gasteiger partial charge on any atom is 0.272 e. The molecule has 0 spiro atoms. The van der Waals surface area contributed by atoms with E-state index in [1.807, 2.05) is 6.07 Å². The molecular formula is C21H16N2O5. The van der Waals surface area contributed by atoms with Crippen LogP contribution in [0.3, 0.4) is 0 Å². The van der Waals surface area contributed by atoms with Gasteiger partial charge < -0.3 is 24.5 Å². The van der Waals surface area contributed by atoms with Gasteiger partial charge in [-0.15, -0.1) is 0 Å². The molecule has 2 heterocycles. The summed E-state index contributed by atoms with van der Waals surface area (Å²) >= 11 is 0. The zero-order chi connectivity index (χ0) is 19.3. The molecule has 2 aromatic carbocycles. The predicted octanol–water partition coefficient (Wildman–Crippen LogP) is 3.42. The minimum absolute atomic E-state index is 0.0430. The Balaban J connectivity index is 1.56. The van der Waals surface area contributed by atoms with E-state index >= 15 is 0 Å². The van der Waals surface area contributed by atoms with Crippen LogP contribution in [0.1, 0.15) is 16.1 Å². The van der Waals surface area contributed by atoms with Gasteiger partial charge in [-0.1, -0.05) is 18.2 Å². The minimum Gasteiger partial charge on any atom is -0.465 e. The smallest absolute Gasteiger partial charge is 0.272 e. The summed E-state index contributed by atoms with van der Waals surface area (Å²) in [6.45, 7) is 0.142. The third kappa shape index (κ3) is 3.88. The van der Waals surface area contributed by atoms with Crippen LogP contribution in [0.5, 0.6) is 11.5 Å². The fourth-order valence-corrected chi connectivity index (χ4v) is 2.63. The van der Waals surface area contributed by atoms with Gasteiger partial charge in [0.25, 0.3) is 11.8 Å². The van der Waals surface area contributed by atoms with Crippen LogP contribution in [-0.4, -0.2) is 18.6 Å². The fraction of sp³-hybridized carbons (Fsp3) is 0.0476. The summed E-state index contributed by atoms with van der Waals surface area (Å²) in [6.07, 6.45) is 2.95. The van der Waals surface area contributed by atoms with Crippen molar-refractivity contribution in [3.63, 3.8) is 0 Å². The van der Waals surface area contributed by atoms with E-state index in [1.54, 1.807) is 54.6 Å². The van der Waals surface area contributed by atoms with Crippen molar-refractivity contribution in [1.29, 1.82) is 0 Å². The van der Waals surface area contributed by atoms with Crippen molar-refractivity contribution in [2.75, 3.05) is 12.1 Å². The summed E-state index contributed by atoms with van der Waals surface area (Å²) in [6, 6.07) is 17.1. The number of furan rings is 1. The standard InChI is InChI=1S/C21H16N2O5/c24-20(14-5-2-1-3-6-14)23-17(12-16-7-4-10-26-16)21(25)22-15-8-9-18-19(11-15)28-13-27-18/h1-12H,13H2,(H,22,25)(H,23,24)/b17-12+. The van der Waals surface area contributed by atoms with Gasteiger partial charge >= 0.3 is 0 Å². The van der Waals surface area contributed by atoms with Crippen LogP contribution in [-0.2, 0) is 4.79 Å². The molecule has 4 rings (SSSR count).